The highest BCUT2D eigenvalue weighted by Gasteiger charge is 2.41. The molecule has 0 radical (unpaired) electrons. The van der Waals surface area contributed by atoms with Crippen LogP contribution in [-0.2, 0) is 0 Å². The van der Waals surface area contributed by atoms with E-state index in [9.17, 15) is 4.79 Å². The molecule has 4 rings (SSSR count). The van der Waals surface area contributed by atoms with Crippen LogP contribution >= 0.6 is 0 Å². The van der Waals surface area contributed by atoms with Crippen molar-refractivity contribution < 1.29 is 4.79 Å². The number of amidine groups is 2. The number of aliphatic imine (C=N–C) groups is 2. The summed E-state index contributed by atoms with van der Waals surface area (Å²) in [6, 6.07) is 24.8. The van der Waals surface area contributed by atoms with Gasteiger partial charge in [0, 0.05) is 12.7 Å². The lowest BCUT2D eigenvalue weighted by molar-refractivity contribution is 0.155. The smallest absolute Gasteiger partial charge is 0.306 e. The second-order valence-corrected chi connectivity index (χ2v) is 7.17. The predicted molar refractivity (Wildman–Crippen MR) is 122 cm³/mol. The van der Waals surface area contributed by atoms with Gasteiger partial charge in [-0.2, -0.15) is 5.01 Å². The lowest BCUT2D eigenvalue weighted by atomic mass is 10.2. The minimum Gasteiger partial charge on any atom is -0.306 e. The van der Waals surface area contributed by atoms with Gasteiger partial charge >= 0.3 is 6.03 Å². The molecule has 2 amide bonds. The van der Waals surface area contributed by atoms with Gasteiger partial charge in [-0.05, 0) is 50.2 Å². The first-order chi connectivity index (χ1) is 14.5. The standard InChI is InChI=1S/C24H23N5O/c1-17-9-13-20(14-10-17)25-22-23(26-21-15-11-18(2)12-16-21)29(28(22)3)24(30)27-19-7-5-4-6-8-19/h4-16H,1-3H3,(H,27,30). The third-order valence-electron chi connectivity index (χ3n) is 4.76. The Morgan fingerprint density at radius 3 is 1.77 bits per heavy atom. The SMILES string of the molecule is Cc1ccc(N=C2C(=Nc3ccc(C)cc3)N(C(=O)Nc3ccccc3)N2C)cc1. The van der Waals surface area contributed by atoms with Gasteiger partial charge in [0.25, 0.3) is 0 Å². The summed E-state index contributed by atoms with van der Waals surface area (Å²) in [4.78, 5) is 22.4. The zero-order valence-electron chi connectivity index (χ0n) is 17.2. The summed E-state index contributed by atoms with van der Waals surface area (Å²) in [6.45, 7) is 4.06. The lowest BCUT2D eigenvalue weighted by Crippen LogP contribution is -2.67. The lowest BCUT2D eigenvalue weighted by Gasteiger charge is -2.43. The van der Waals surface area contributed by atoms with Crippen LogP contribution in [0.5, 0.6) is 0 Å². The van der Waals surface area contributed by atoms with Gasteiger partial charge in [0.2, 0.25) is 5.84 Å². The van der Waals surface area contributed by atoms with E-state index in [4.69, 9.17) is 9.98 Å². The van der Waals surface area contributed by atoms with E-state index in [1.807, 2.05) is 92.7 Å². The first-order valence-electron chi connectivity index (χ1n) is 9.72. The number of urea groups is 1. The second-order valence-electron chi connectivity index (χ2n) is 7.17. The Morgan fingerprint density at radius 2 is 1.23 bits per heavy atom. The number of benzene rings is 3. The Labute approximate surface area is 176 Å². The molecule has 30 heavy (non-hydrogen) atoms. The van der Waals surface area contributed by atoms with Crippen molar-refractivity contribution >= 4 is 34.8 Å². The van der Waals surface area contributed by atoms with Crippen LogP contribution in [0, 0.1) is 13.8 Å². The highest BCUT2D eigenvalue weighted by atomic mass is 16.2. The summed E-state index contributed by atoms with van der Waals surface area (Å²) in [5.74, 6) is 1.12. The molecule has 6 heteroatoms. The molecule has 0 bridgehead atoms. The summed E-state index contributed by atoms with van der Waals surface area (Å²) in [5, 5.41) is 6.09. The summed E-state index contributed by atoms with van der Waals surface area (Å²) >= 11 is 0. The number of hydrogen-bond acceptors (Lipinski definition) is 3. The third-order valence-corrected chi connectivity index (χ3v) is 4.76. The van der Waals surface area contributed by atoms with Gasteiger partial charge in [-0.3, -0.25) is 5.01 Å². The van der Waals surface area contributed by atoms with Crippen molar-refractivity contribution in [3.63, 3.8) is 0 Å². The normalized spacial score (nSPS) is 16.0. The number of carbonyl (C=O) groups is 1. The molecule has 0 spiro atoms. The molecule has 1 aliphatic rings. The summed E-state index contributed by atoms with van der Waals surface area (Å²) in [6.07, 6.45) is 0. The van der Waals surface area contributed by atoms with Gasteiger partial charge in [-0.1, -0.05) is 53.6 Å². The molecule has 6 nitrogen and oxygen atoms in total. The van der Waals surface area contributed by atoms with Crippen LogP contribution in [0.3, 0.4) is 0 Å². The molecule has 1 N–H and O–H groups in total. The molecule has 1 heterocycles. The van der Waals surface area contributed by atoms with Crippen LogP contribution in [0.1, 0.15) is 11.1 Å². The Balaban J connectivity index is 1.67. The van der Waals surface area contributed by atoms with Gasteiger partial charge < -0.3 is 5.32 Å². The first kappa shape index (κ1) is 19.4. The molecular weight excluding hydrogens is 374 g/mol. The predicted octanol–water partition coefficient (Wildman–Crippen LogP) is 5.46. The fourth-order valence-corrected chi connectivity index (χ4v) is 3.06. The van der Waals surface area contributed by atoms with Crippen molar-refractivity contribution in [1.82, 2.24) is 10.0 Å². The fraction of sp³-hybridized carbons (Fsp3) is 0.125. The third kappa shape index (κ3) is 4.07. The Morgan fingerprint density at radius 1 is 0.733 bits per heavy atom. The number of aryl methyl sites for hydroxylation is 2. The molecule has 0 aliphatic carbocycles. The van der Waals surface area contributed by atoms with Crippen molar-refractivity contribution in [2.75, 3.05) is 12.4 Å². The molecule has 0 unspecified atom stereocenters. The number of hydrazine groups is 1. The van der Waals surface area contributed by atoms with Crippen LogP contribution in [-0.4, -0.2) is 34.8 Å². The molecule has 0 aromatic heterocycles. The zero-order valence-corrected chi connectivity index (χ0v) is 17.2. The first-order valence-corrected chi connectivity index (χ1v) is 9.72. The van der Waals surface area contributed by atoms with Crippen LogP contribution < -0.4 is 5.32 Å². The van der Waals surface area contributed by atoms with Crippen molar-refractivity contribution in [2.24, 2.45) is 9.98 Å². The van der Waals surface area contributed by atoms with E-state index < -0.39 is 0 Å². The monoisotopic (exact) mass is 397 g/mol. The number of nitrogens with one attached hydrogen (secondary N) is 1. The quantitative estimate of drug-likeness (QED) is 0.638. The topological polar surface area (TPSA) is 60.3 Å². The molecule has 0 atom stereocenters. The molecule has 1 aliphatic heterocycles. The second kappa shape index (κ2) is 8.21. The average molecular weight is 397 g/mol. The van der Waals surface area contributed by atoms with Crippen molar-refractivity contribution in [3.8, 4) is 0 Å². The Kier molecular flexibility index (Phi) is 5.30. The number of anilines is 1. The summed E-state index contributed by atoms with van der Waals surface area (Å²) < 4.78 is 0. The Hall–Kier alpha value is -3.93. The maximum absolute atomic E-state index is 12.9. The van der Waals surface area contributed by atoms with Crippen LogP contribution in [0.2, 0.25) is 0 Å². The molecule has 1 fully saturated rings. The van der Waals surface area contributed by atoms with E-state index in [1.165, 1.54) is 10.6 Å². The van der Waals surface area contributed by atoms with E-state index in [1.54, 1.807) is 12.1 Å². The molecule has 3 aromatic rings. The number of hydrogen-bond donors (Lipinski definition) is 1. The van der Waals surface area contributed by atoms with Crippen molar-refractivity contribution in [2.45, 2.75) is 13.8 Å². The zero-order chi connectivity index (χ0) is 21.1. The Bertz CT molecular complexity index is 1100. The molecular formula is C24H23N5O. The highest BCUT2D eigenvalue weighted by Crippen LogP contribution is 2.25. The van der Waals surface area contributed by atoms with Gasteiger partial charge in [-0.25, -0.2) is 14.8 Å². The van der Waals surface area contributed by atoms with E-state index >= 15 is 0 Å². The minimum absolute atomic E-state index is 0.294. The van der Waals surface area contributed by atoms with E-state index in [0.29, 0.717) is 11.7 Å². The number of rotatable bonds is 3. The maximum Gasteiger partial charge on any atom is 0.347 e. The van der Waals surface area contributed by atoms with Gasteiger partial charge in [0.15, 0.2) is 5.84 Å². The van der Waals surface area contributed by atoms with Crippen LogP contribution in [0.15, 0.2) is 88.8 Å². The molecule has 150 valence electrons. The van der Waals surface area contributed by atoms with Crippen molar-refractivity contribution in [3.05, 3.63) is 90.0 Å². The fourth-order valence-electron chi connectivity index (χ4n) is 3.06. The van der Waals surface area contributed by atoms with Crippen LogP contribution in [0.4, 0.5) is 21.9 Å². The number of amides is 2. The average Bonchev–Trinajstić information content (AvgIpc) is 2.75. The number of likely N-dealkylation sites (N-methyl/N-ethyl adjacent to an activating group) is 1. The number of nitrogens with zero attached hydrogens (tertiary/aromatic N) is 4. The van der Waals surface area contributed by atoms with E-state index in [-0.39, 0.29) is 6.03 Å². The van der Waals surface area contributed by atoms with Crippen LogP contribution in [0.25, 0.3) is 0 Å². The largest absolute Gasteiger partial charge is 0.347 e. The van der Waals surface area contributed by atoms with Crippen molar-refractivity contribution in [1.29, 1.82) is 0 Å². The number of carbonyl (C=O) groups excluding carboxylic acids is 1. The van der Waals surface area contributed by atoms with Gasteiger partial charge in [-0.15, -0.1) is 0 Å². The molecule has 0 saturated carbocycles. The van der Waals surface area contributed by atoms with Gasteiger partial charge in [0.1, 0.15) is 0 Å². The van der Waals surface area contributed by atoms with E-state index in [0.717, 1.165) is 22.6 Å². The highest BCUT2D eigenvalue weighted by molar-refractivity contribution is 6.48. The molecule has 3 aromatic carbocycles. The maximum atomic E-state index is 12.9. The van der Waals surface area contributed by atoms with Gasteiger partial charge in [0.05, 0.1) is 11.4 Å². The summed E-state index contributed by atoms with van der Waals surface area (Å²) in [5.41, 5.74) is 4.60. The number of para-hydroxylation sites is 1. The van der Waals surface area contributed by atoms with E-state index in [2.05, 4.69) is 5.32 Å². The summed E-state index contributed by atoms with van der Waals surface area (Å²) in [7, 11) is 1.80. The molecule has 1 saturated heterocycles. The minimum atomic E-state index is -0.294.